The van der Waals surface area contributed by atoms with Gasteiger partial charge in [-0.3, -0.25) is 0 Å². The van der Waals surface area contributed by atoms with Crippen LogP contribution in [-0.2, 0) is 6.54 Å². The van der Waals surface area contributed by atoms with Crippen molar-refractivity contribution < 1.29 is 5.11 Å². The number of aromatic nitrogens is 1. The van der Waals surface area contributed by atoms with Gasteiger partial charge in [0, 0.05) is 38.7 Å². The van der Waals surface area contributed by atoms with E-state index in [9.17, 15) is 0 Å². The van der Waals surface area contributed by atoms with Crippen LogP contribution in [0, 0.1) is 0 Å². The molecule has 1 N–H and O–H groups in total. The fourth-order valence-electron chi connectivity index (χ4n) is 1.89. The monoisotopic (exact) mass is 256 g/mol. The zero-order chi connectivity index (χ0) is 13.7. The minimum absolute atomic E-state index is 0.170. The molecule has 0 amide bonds. The summed E-state index contributed by atoms with van der Waals surface area (Å²) in [6, 6.07) is 10.5. The van der Waals surface area contributed by atoms with Crippen LogP contribution >= 0.6 is 0 Å². The van der Waals surface area contributed by atoms with Crippen LogP contribution in [0.4, 0.5) is 5.69 Å². The lowest BCUT2D eigenvalue weighted by atomic mass is 10.1. The molecule has 1 aromatic carbocycles. The maximum Gasteiger partial charge on any atom is 0.0610 e. The van der Waals surface area contributed by atoms with E-state index < -0.39 is 0 Å². The average Bonchev–Trinajstić information content (AvgIpc) is 2.85. The predicted octanol–water partition coefficient (Wildman–Crippen LogP) is 2.72. The van der Waals surface area contributed by atoms with Gasteiger partial charge < -0.3 is 14.6 Å². The van der Waals surface area contributed by atoms with Gasteiger partial charge in [0.2, 0.25) is 0 Å². The van der Waals surface area contributed by atoms with Gasteiger partial charge in [-0.25, -0.2) is 0 Å². The standard InChI is InChI=1S/C16H20N2O/c1-17(2)16-7-5-14(6-8-16)3-4-15-9-10-18(13-15)11-12-19/h3-10,13,19H,11-12H2,1-2H3/b4-3+. The lowest BCUT2D eigenvalue weighted by molar-refractivity contribution is 0.276. The highest BCUT2D eigenvalue weighted by Crippen LogP contribution is 2.14. The molecule has 0 fully saturated rings. The molecule has 3 nitrogen and oxygen atoms in total. The molecule has 0 atom stereocenters. The highest BCUT2D eigenvalue weighted by Gasteiger charge is 1.95. The highest BCUT2D eigenvalue weighted by molar-refractivity contribution is 5.70. The van der Waals surface area contributed by atoms with Gasteiger partial charge in [-0.05, 0) is 29.3 Å². The van der Waals surface area contributed by atoms with Crippen LogP contribution < -0.4 is 4.90 Å². The van der Waals surface area contributed by atoms with Gasteiger partial charge in [0.25, 0.3) is 0 Å². The van der Waals surface area contributed by atoms with Crippen molar-refractivity contribution in [3.63, 3.8) is 0 Å². The third kappa shape index (κ3) is 3.73. The zero-order valence-electron chi connectivity index (χ0n) is 11.5. The van der Waals surface area contributed by atoms with Crippen molar-refractivity contribution >= 4 is 17.8 Å². The van der Waals surface area contributed by atoms with E-state index in [4.69, 9.17) is 5.11 Å². The molecule has 1 aromatic heterocycles. The zero-order valence-corrected chi connectivity index (χ0v) is 11.5. The maximum atomic E-state index is 8.86. The lowest BCUT2D eigenvalue weighted by Gasteiger charge is -2.11. The maximum absolute atomic E-state index is 8.86. The Morgan fingerprint density at radius 3 is 2.37 bits per heavy atom. The molecule has 0 saturated carbocycles. The Bertz CT molecular complexity index is 538. The van der Waals surface area contributed by atoms with Crippen LogP contribution in [-0.4, -0.2) is 30.4 Å². The second kappa shape index (κ2) is 6.25. The van der Waals surface area contributed by atoms with E-state index in [1.54, 1.807) is 0 Å². The second-order valence-electron chi connectivity index (χ2n) is 4.73. The third-order valence-electron chi connectivity index (χ3n) is 3.01. The number of aliphatic hydroxyl groups excluding tert-OH is 1. The molecule has 0 spiro atoms. The second-order valence-corrected chi connectivity index (χ2v) is 4.73. The minimum Gasteiger partial charge on any atom is -0.395 e. The van der Waals surface area contributed by atoms with Crippen LogP contribution in [0.1, 0.15) is 11.1 Å². The van der Waals surface area contributed by atoms with Crippen LogP contribution in [0.25, 0.3) is 12.2 Å². The Hall–Kier alpha value is -2.00. The van der Waals surface area contributed by atoms with E-state index >= 15 is 0 Å². The molecule has 3 heteroatoms. The number of benzene rings is 1. The smallest absolute Gasteiger partial charge is 0.0610 e. The first-order valence-corrected chi connectivity index (χ1v) is 6.41. The number of aliphatic hydroxyl groups is 1. The Morgan fingerprint density at radius 1 is 1.05 bits per heavy atom. The lowest BCUT2D eigenvalue weighted by Crippen LogP contribution is -2.07. The number of hydrogen-bond acceptors (Lipinski definition) is 2. The summed E-state index contributed by atoms with van der Waals surface area (Å²) >= 11 is 0. The van der Waals surface area contributed by atoms with Crippen molar-refractivity contribution in [3.8, 4) is 0 Å². The summed E-state index contributed by atoms with van der Waals surface area (Å²) in [7, 11) is 4.07. The summed E-state index contributed by atoms with van der Waals surface area (Å²) in [5.74, 6) is 0. The van der Waals surface area contributed by atoms with E-state index in [0.717, 1.165) is 5.56 Å². The van der Waals surface area contributed by atoms with Crippen molar-refractivity contribution in [1.29, 1.82) is 0 Å². The molecule has 0 aliphatic carbocycles. The summed E-state index contributed by atoms with van der Waals surface area (Å²) in [6.45, 7) is 0.815. The Kier molecular flexibility index (Phi) is 4.42. The molecular formula is C16H20N2O. The molecule has 100 valence electrons. The van der Waals surface area contributed by atoms with E-state index in [2.05, 4.69) is 41.3 Å². The van der Waals surface area contributed by atoms with Gasteiger partial charge >= 0.3 is 0 Å². The molecule has 0 aliphatic rings. The summed E-state index contributed by atoms with van der Waals surface area (Å²) in [4.78, 5) is 2.09. The molecule has 1 heterocycles. The molecule has 2 aromatic rings. The summed E-state index contributed by atoms with van der Waals surface area (Å²) in [5, 5.41) is 8.86. The highest BCUT2D eigenvalue weighted by atomic mass is 16.3. The summed E-state index contributed by atoms with van der Waals surface area (Å²) in [6.07, 6.45) is 8.18. The summed E-state index contributed by atoms with van der Waals surface area (Å²) in [5.41, 5.74) is 3.52. The third-order valence-corrected chi connectivity index (χ3v) is 3.01. The number of nitrogens with zero attached hydrogens (tertiary/aromatic N) is 2. The normalized spacial score (nSPS) is 11.1. The van der Waals surface area contributed by atoms with Crippen LogP contribution in [0.5, 0.6) is 0 Å². The van der Waals surface area contributed by atoms with Crippen molar-refractivity contribution in [2.45, 2.75) is 6.54 Å². The van der Waals surface area contributed by atoms with Crippen LogP contribution in [0.3, 0.4) is 0 Å². The van der Waals surface area contributed by atoms with E-state index in [1.807, 2.05) is 37.1 Å². The quantitative estimate of drug-likeness (QED) is 0.891. The Balaban J connectivity index is 2.04. The SMILES string of the molecule is CN(C)c1ccc(/C=C/c2ccn(CCO)c2)cc1. The fraction of sp³-hybridized carbons (Fsp3) is 0.250. The number of anilines is 1. The van der Waals surface area contributed by atoms with Gasteiger partial charge in [-0.2, -0.15) is 0 Å². The largest absolute Gasteiger partial charge is 0.395 e. The topological polar surface area (TPSA) is 28.4 Å². The average molecular weight is 256 g/mol. The van der Waals surface area contributed by atoms with Gasteiger partial charge in [0.15, 0.2) is 0 Å². The first-order valence-electron chi connectivity index (χ1n) is 6.41. The molecule has 2 rings (SSSR count). The van der Waals surface area contributed by atoms with Gasteiger partial charge in [-0.1, -0.05) is 24.3 Å². The van der Waals surface area contributed by atoms with E-state index in [1.165, 1.54) is 11.3 Å². The van der Waals surface area contributed by atoms with E-state index in [-0.39, 0.29) is 6.61 Å². The molecule has 0 bridgehead atoms. The molecule has 19 heavy (non-hydrogen) atoms. The molecule has 0 aliphatic heterocycles. The number of hydrogen-bond donors (Lipinski definition) is 1. The fourth-order valence-corrected chi connectivity index (χ4v) is 1.89. The van der Waals surface area contributed by atoms with Crippen molar-refractivity contribution in [3.05, 3.63) is 53.9 Å². The van der Waals surface area contributed by atoms with Crippen LogP contribution in [0.15, 0.2) is 42.7 Å². The predicted molar refractivity (Wildman–Crippen MR) is 81.2 cm³/mol. The van der Waals surface area contributed by atoms with Gasteiger partial charge in [-0.15, -0.1) is 0 Å². The van der Waals surface area contributed by atoms with Gasteiger partial charge in [0.1, 0.15) is 0 Å². The Morgan fingerprint density at radius 2 is 1.74 bits per heavy atom. The molecule has 0 radical (unpaired) electrons. The van der Waals surface area contributed by atoms with E-state index in [0.29, 0.717) is 6.54 Å². The Labute approximate surface area is 114 Å². The van der Waals surface area contributed by atoms with Crippen molar-refractivity contribution in [2.24, 2.45) is 0 Å². The molecule has 0 unspecified atom stereocenters. The summed E-state index contributed by atoms with van der Waals surface area (Å²) < 4.78 is 1.98. The van der Waals surface area contributed by atoms with Crippen molar-refractivity contribution in [2.75, 3.05) is 25.6 Å². The van der Waals surface area contributed by atoms with Gasteiger partial charge in [0.05, 0.1) is 6.61 Å². The molecular weight excluding hydrogens is 236 g/mol. The first-order chi connectivity index (χ1) is 9.19. The van der Waals surface area contributed by atoms with Crippen LogP contribution in [0.2, 0.25) is 0 Å². The van der Waals surface area contributed by atoms with Crippen molar-refractivity contribution in [1.82, 2.24) is 4.57 Å². The minimum atomic E-state index is 0.170. The molecule has 0 saturated heterocycles. The number of rotatable bonds is 5. The first kappa shape index (κ1) is 13.4.